The third-order valence-corrected chi connectivity index (χ3v) is 8.40. The smallest absolute Gasteiger partial charge is 0.391 e. The Kier molecular flexibility index (Phi) is 9.11. The van der Waals surface area contributed by atoms with Crippen LogP contribution in [0.4, 0.5) is 13.2 Å². The van der Waals surface area contributed by atoms with Gasteiger partial charge in [0.1, 0.15) is 6.61 Å². The molecule has 3 atom stereocenters. The van der Waals surface area contributed by atoms with Gasteiger partial charge < -0.3 is 24.2 Å². The highest BCUT2D eigenvalue weighted by molar-refractivity contribution is 5.78. The van der Waals surface area contributed by atoms with Gasteiger partial charge in [0, 0.05) is 24.4 Å². The average molecular weight is 550 g/mol. The van der Waals surface area contributed by atoms with Crippen molar-refractivity contribution in [2.45, 2.75) is 70.4 Å². The molecule has 1 amide bonds. The normalized spacial score (nSPS) is 26.3. The minimum atomic E-state index is -4.17. The number of hydrogen-bond acceptors (Lipinski definition) is 5. The molecule has 1 saturated carbocycles. The summed E-state index contributed by atoms with van der Waals surface area (Å²) in [5.74, 6) is -0.655. The van der Waals surface area contributed by atoms with Crippen LogP contribution < -0.4 is 9.47 Å². The fourth-order valence-electron chi connectivity index (χ4n) is 5.73. The number of ether oxygens (including phenoxy) is 3. The van der Waals surface area contributed by atoms with Gasteiger partial charge in [-0.15, -0.1) is 0 Å². The van der Waals surface area contributed by atoms with E-state index >= 15 is 0 Å². The number of amides is 1. The number of carbonyl (C=O) groups is 1. The molecule has 0 spiro atoms. The van der Waals surface area contributed by atoms with Crippen molar-refractivity contribution in [1.82, 2.24) is 4.90 Å². The van der Waals surface area contributed by atoms with Gasteiger partial charge in [0.05, 0.1) is 31.8 Å². The molecule has 1 N–H and O–H groups in total. The number of carbonyl (C=O) groups excluding carboxylic acids is 1. The van der Waals surface area contributed by atoms with Crippen molar-refractivity contribution in [3.63, 3.8) is 0 Å². The predicted octanol–water partition coefficient (Wildman–Crippen LogP) is 5.72. The summed E-state index contributed by atoms with van der Waals surface area (Å²) in [6.45, 7) is 4.73. The van der Waals surface area contributed by atoms with E-state index in [-0.39, 0.29) is 37.4 Å². The van der Waals surface area contributed by atoms with Gasteiger partial charge in [-0.3, -0.25) is 4.79 Å². The number of methoxy groups -OCH3 is 1. The number of hydrogen-bond donors (Lipinski definition) is 1. The predicted molar refractivity (Wildman–Crippen MR) is 141 cm³/mol. The van der Waals surface area contributed by atoms with E-state index in [1.54, 1.807) is 17.9 Å². The Morgan fingerprint density at radius 2 is 1.79 bits per heavy atom. The van der Waals surface area contributed by atoms with Gasteiger partial charge in [0.15, 0.2) is 11.5 Å². The number of aliphatic hydroxyl groups excluding tert-OH is 1. The van der Waals surface area contributed by atoms with Crippen LogP contribution >= 0.6 is 0 Å². The molecule has 1 aliphatic carbocycles. The topological polar surface area (TPSA) is 68.2 Å². The van der Waals surface area contributed by atoms with Crippen LogP contribution in [-0.2, 0) is 16.1 Å². The molecular weight excluding hydrogens is 511 g/mol. The summed E-state index contributed by atoms with van der Waals surface area (Å²) in [6.07, 6.45) is -4.49. The number of nitrogens with zero attached hydrogens (tertiary/aromatic N) is 1. The summed E-state index contributed by atoms with van der Waals surface area (Å²) in [4.78, 5) is 14.8. The molecule has 2 aromatic rings. The van der Waals surface area contributed by atoms with Crippen molar-refractivity contribution in [3.8, 4) is 11.5 Å². The summed E-state index contributed by atoms with van der Waals surface area (Å²) in [5, 5.41) is 10.8. The molecule has 2 aromatic carbocycles. The number of likely N-dealkylation sites (tertiary alicyclic amines) is 1. The SMILES string of the molecule is COc1ccc(C2CN(C(=O)COCc3ccccc3)CC2(C)[C@H](C)O)cc1OC1CCC(C(F)(F)F)CC1. The van der Waals surface area contributed by atoms with Crippen molar-refractivity contribution in [2.75, 3.05) is 26.8 Å². The van der Waals surface area contributed by atoms with Crippen molar-refractivity contribution < 1.29 is 37.3 Å². The fraction of sp³-hybridized carbons (Fsp3) is 0.567. The van der Waals surface area contributed by atoms with E-state index in [2.05, 4.69) is 0 Å². The van der Waals surface area contributed by atoms with Crippen molar-refractivity contribution in [2.24, 2.45) is 11.3 Å². The first-order chi connectivity index (χ1) is 18.5. The summed E-state index contributed by atoms with van der Waals surface area (Å²) in [6, 6.07) is 15.2. The highest BCUT2D eigenvalue weighted by Gasteiger charge is 2.48. The van der Waals surface area contributed by atoms with E-state index in [0.29, 0.717) is 44.0 Å². The zero-order chi connectivity index (χ0) is 28.2. The second kappa shape index (κ2) is 12.2. The summed E-state index contributed by atoms with van der Waals surface area (Å²) in [7, 11) is 1.52. The van der Waals surface area contributed by atoms with Gasteiger partial charge in [-0.1, -0.05) is 43.3 Å². The van der Waals surface area contributed by atoms with Crippen LogP contribution in [0.15, 0.2) is 48.5 Å². The molecule has 4 rings (SSSR count). The largest absolute Gasteiger partial charge is 0.493 e. The molecule has 1 heterocycles. The lowest BCUT2D eigenvalue weighted by atomic mass is 9.72. The van der Waals surface area contributed by atoms with Gasteiger partial charge in [-0.25, -0.2) is 0 Å². The number of rotatable bonds is 9. The highest BCUT2D eigenvalue weighted by atomic mass is 19.4. The third-order valence-electron chi connectivity index (χ3n) is 8.40. The monoisotopic (exact) mass is 549 g/mol. The first-order valence-electron chi connectivity index (χ1n) is 13.5. The molecule has 9 heteroatoms. The first-order valence-corrected chi connectivity index (χ1v) is 13.5. The Morgan fingerprint density at radius 1 is 1.10 bits per heavy atom. The lowest BCUT2D eigenvalue weighted by Crippen LogP contribution is -2.38. The number of benzene rings is 2. The van der Waals surface area contributed by atoms with Crippen molar-refractivity contribution in [1.29, 1.82) is 0 Å². The van der Waals surface area contributed by atoms with Gasteiger partial charge in [-0.05, 0) is 55.9 Å². The maximum atomic E-state index is 13.1. The standard InChI is InChI=1S/C30H38F3NO5/c1-20(35)29(2)19-34(28(36)18-38-17-21-7-5-4-6-8-21)16-25(29)22-9-14-26(37-3)27(15-22)39-24-12-10-23(11-13-24)30(31,32)33/h4-9,14-15,20,23-25,35H,10-13,16-19H2,1-3H3/t20-,23?,24?,25?,29?/m0/s1. The quantitative estimate of drug-likeness (QED) is 0.433. The Labute approximate surface area is 228 Å². The first kappa shape index (κ1) is 29.2. The van der Waals surface area contributed by atoms with E-state index in [4.69, 9.17) is 14.2 Å². The molecule has 0 bridgehead atoms. The number of halogens is 3. The van der Waals surface area contributed by atoms with E-state index in [0.717, 1.165) is 11.1 Å². The zero-order valence-electron chi connectivity index (χ0n) is 22.7. The van der Waals surface area contributed by atoms with E-state index in [9.17, 15) is 23.1 Å². The number of aliphatic hydroxyl groups is 1. The molecule has 2 unspecified atom stereocenters. The Hall–Kier alpha value is -2.78. The summed E-state index contributed by atoms with van der Waals surface area (Å²) < 4.78 is 56.6. The van der Waals surface area contributed by atoms with Crippen LogP contribution in [0.25, 0.3) is 0 Å². The molecule has 2 aliphatic rings. The molecule has 0 aromatic heterocycles. The fourth-order valence-corrected chi connectivity index (χ4v) is 5.73. The lowest BCUT2D eigenvalue weighted by molar-refractivity contribution is -0.185. The Balaban J connectivity index is 1.46. The van der Waals surface area contributed by atoms with Crippen LogP contribution in [-0.4, -0.2) is 61.1 Å². The Morgan fingerprint density at radius 3 is 2.41 bits per heavy atom. The van der Waals surface area contributed by atoms with Gasteiger partial charge >= 0.3 is 6.18 Å². The zero-order valence-corrected chi connectivity index (χ0v) is 22.7. The molecule has 6 nitrogen and oxygen atoms in total. The van der Waals surface area contributed by atoms with E-state index < -0.39 is 23.6 Å². The average Bonchev–Trinajstić information content (AvgIpc) is 3.28. The second-order valence-corrected chi connectivity index (χ2v) is 11.0. The Bertz CT molecular complexity index is 1100. The minimum absolute atomic E-state index is 0.0440. The molecule has 0 radical (unpaired) electrons. The lowest BCUT2D eigenvalue weighted by Gasteiger charge is -2.34. The van der Waals surface area contributed by atoms with Gasteiger partial charge in [0.25, 0.3) is 0 Å². The maximum Gasteiger partial charge on any atom is 0.391 e. The van der Waals surface area contributed by atoms with Gasteiger partial charge in [0.2, 0.25) is 5.91 Å². The van der Waals surface area contributed by atoms with Gasteiger partial charge in [-0.2, -0.15) is 13.2 Å². The van der Waals surface area contributed by atoms with Crippen LogP contribution in [0.2, 0.25) is 0 Å². The second-order valence-electron chi connectivity index (χ2n) is 11.0. The molecule has 1 saturated heterocycles. The van der Waals surface area contributed by atoms with Crippen LogP contribution in [0.3, 0.4) is 0 Å². The van der Waals surface area contributed by atoms with Crippen LogP contribution in [0.1, 0.15) is 56.6 Å². The molecular formula is C30H38F3NO5. The van der Waals surface area contributed by atoms with Crippen molar-refractivity contribution in [3.05, 3.63) is 59.7 Å². The molecule has 2 fully saturated rings. The molecule has 214 valence electrons. The highest BCUT2D eigenvalue weighted by Crippen LogP contribution is 2.47. The third kappa shape index (κ3) is 6.87. The van der Waals surface area contributed by atoms with E-state index in [1.165, 1.54) is 7.11 Å². The maximum absolute atomic E-state index is 13.1. The molecule has 39 heavy (non-hydrogen) atoms. The van der Waals surface area contributed by atoms with Crippen LogP contribution in [0, 0.1) is 11.3 Å². The summed E-state index contributed by atoms with van der Waals surface area (Å²) in [5.41, 5.74) is 1.24. The van der Waals surface area contributed by atoms with Crippen LogP contribution in [0.5, 0.6) is 11.5 Å². The molecule has 1 aliphatic heterocycles. The number of alkyl halides is 3. The van der Waals surface area contributed by atoms with Crippen molar-refractivity contribution >= 4 is 5.91 Å². The van der Waals surface area contributed by atoms with E-state index in [1.807, 2.05) is 49.4 Å². The minimum Gasteiger partial charge on any atom is -0.493 e. The summed E-state index contributed by atoms with van der Waals surface area (Å²) >= 11 is 0.